The van der Waals surface area contributed by atoms with Crippen molar-refractivity contribution in [3.63, 3.8) is 0 Å². The van der Waals surface area contributed by atoms with E-state index in [0.717, 1.165) is 12.1 Å². The molecule has 3 rings (SSSR count). The third kappa shape index (κ3) is 5.11. The van der Waals surface area contributed by atoms with E-state index in [1.165, 1.54) is 33.1 Å². The Labute approximate surface area is 189 Å². The summed E-state index contributed by atoms with van der Waals surface area (Å²) in [5.74, 6) is -2.30. The van der Waals surface area contributed by atoms with Crippen LogP contribution in [0.15, 0.2) is 46.2 Å². The molecule has 0 fully saturated rings. The lowest BCUT2D eigenvalue weighted by Crippen LogP contribution is -2.38. The van der Waals surface area contributed by atoms with E-state index < -0.39 is 34.1 Å². The smallest absolute Gasteiger partial charge is 0.244 e. The first-order chi connectivity index (χ1) is 15.2. The first-order valence-electron chi connectivity index (χ1n) is 9.99. The van der Waals surface area contributed by atoms with Gasteiger partial charge in [0.05, 0.1) is 16.3 Å². The van der Waals surface area contributed by atoms with E-state index in [1.54, 1.807) is 19.9 Å². The maximum Gasteiger partial charge on any atom is 0.244 e. The van der Waals surface area contributed by atoms with Crippen molar-refractivity contribution < 1.29 is 26.8 Å². The number of benzene rings is 2. The van der Waals surface area contributed by atoms with E-state index in [2.05, 4.69) is 5.32 Å². The molecule has 0 saturated heterocycles. The molecule has 0 spiro atoms. The Kier molecular flexibility index (Phi) is 7.52. The molecule has 32 heavy (non-hydrogen) atoms. The van der Waals surface area contributed by atoms with E-state index in [0.29, 0.717) is 35.5 Å². The molecule has 0 bridgehead atoms. The number of thioether (sulfide) groups is 1. The molecule has 11 heteroatoms. The van der Waals surface area contributed by atoms with Crippen LogP contribution in [0.1, 0.15) is 20.3 Å². The molecule has 1 N–H and O–H groups in total. The molecule has 2 aromatic rings. The van der Waals surface area contributed by atoms with Crippen LogP contribution >= 0.6 is 11.8 Å². The van der Waals surface area contributed by atoms with Crippen LogP contribution < -0.4 is 10.2 Å². The SMILES string of the molecule is CCN(CC)S(=O)(=O)c1ccc2c(c1)N(CC(=O)Nc1ccc(F)cc1F)C(=O)CCS2. The van der Waals surface area contributed by atoms with Gasteiger partial charge in [0.2, 0.25) is 21.8 Å². The van der Waals surface area contributed by atoms with Crippen molar-refractivity contribution >= 4 is 45.0 Å². The van der Waals surface area contributed by atoms with E-state index in [4.69, 9.17) is 0 Å². The zero-order valence-electron chi connectivity index (χ0n) is 17.6. The molecule has 7 nitrogen and oxygen atoms in total. The summed E-state index contributed by atoms with van der Waals surface area (Å²) in [5, 5.41) is 2.33. The Morgan fingerprint density at radius 1 is 1.16 bits per heavy atom. The van der Waals surface area contributed by atoms with Gasteiger partial charge in [-0.2, -0.15) is 4.31 Å². The Bertz CT molecular complexity index is 1140. The highest BCUT2D eigenvalue weighted by Gasteiger charge is 2.29. The lowest BCUT2D eigenvalue weighted by atomic mass is 10.2. The highest BCUT2D eigenvalue weighted by atomic mass is 32.2. The number of carbonyl (C=O) groups excluding carboxylic acids is 2. The van der Waals surface area contributed by atoms with Gasteiger partial charge in [0, 0.05) is 36.2 Å². The molecule has 0 atom stereocenters. The van der Waals surface area contributed by atoms with E-state index >= 15 is 0 Å². The minimum Gasteiger partial charge on any atom is -0.322 e. The fourth-order valence-corrected chi connectivity index (χ4v) is 5.77. The summed E-state index contributed by atoms with van der Waals surface area (Å²) in [6.07, 6.45) is 0.148. The molecule has 1 heterocycles. The van der Waals surface area contributed by atoms with Crippen molar-refractivity contribution in [1.82, 2.24) is 4.31 Å². The quantitative estimate of drug-likeness (QED) is 0.652. The van der Waals surface area contributed by atoms with Crippen molar-refractivity contribution in [2.24, 2.45) is 0 Å². The first-order valence-corrected chi connectivity index (χ1v) is 12.4. The van der Waals surface area contributed by atoms with Crippen LogP contribution in [0.25, 0.3) is 0 Å². The third-order valence-electron chi connectivity index (χ3n) is 4.95. The van der Waals surface area contributed by atoms with Crippen molar-refractivity contribution in [1.29, 1.82) is 0 Å². The number of hydrogen-bond acceptors (Lipinski definition) is 5. The van der Waals surface area contributed by atoms with Crippen molar-refractivity contribution in [3.05, 3.63) is 48.0 Å². The fourth-order valence-electron chi connectivity index (χ4n) is 3.32. The zero-order chi connectivity index (χ0) is 23.5. The van der Waals surface area contributed by atoms with Gasteiger partial charge >= 0.3 is 0 Å². The largest absolute Gasteiger partial charge is 0.322 e. The minimum absolute atomic E-state index is 0.0187. The van der Waals surface area contributed by atoms with Crippen molar-refractivity contribution in [3.8, 4) is 0 Å². The van der Waals surface area contributed by atoms with Gasteiger partial charge in [-0.1, -0.05) is 13.8 Å². The number of anilines is 2. The molecule has 2 amide bonds. The van der Waals surface area contributed by atoms with Gasteiger partial charge in [-0.05, 0) is 30.3 Å². The maximum absolute atomic E-state index is 13.9. The third-order valence-corrected chi connectivity index (χ3v) is 8.06. The lowest BCUT2D eigenvalue weighted by molar-refractivity contribution is -0.121. The monoisotopic (exact) mass is 483 g/mol. The van der Waals surface area contributed by atoms with Gasteiger partial charge in [-0.3, -0.25) is 9.59 Å². The van der Waals surface area contributed by atoms with Gasteiger partial charge in [0.25, 0.3) is 0 Å². The number of nitrogens with one attached hydrogen (secondary N) is 1. The number of nitrogens with zero attached hydrogens (tertiary/aromatic N) is 2. The molecule has 1 aliphatic heterocycles. The fraction of sp³-hybridized carbons (Fsp3) is 0.333. The summed E-state index contributed by atoms with van der Waals surface area (Å²) in [5.41, 5.74) is 0.0894. The summed E-state index contributed by atoms with van der Waals surface area (Å²) in [7, 11) is -3.77. The van der Waals surface area contributed by atoms with E-state index in [1.807, 2.05) is 0 Å². The van der Waals surface area contributed by atoms with Crippen LogP contribution in [0.4, 0.5) is 20.2 Å². The summed E-state index contributed by atoms with van der Waals surface area (Å²) in [6, 6.07) is 7.24. The lowest BCUT2D eigenvalue weighted by Gasteiger charge is -2.24. The highest BCUT2D eigenvalue weighted by molar-refractivity contribution is 7.99. The molecular weight excluding hydrogens is 460 g/mol. The number of sulfonamides is 1. The molecule has 0 saturated carbocycles. The number of fused-ring (bicyclic) bond motifs is 1. The topological polar surface area (TPSA) is 86.8 Å². The normalized spacial score (nSPS) is 14.3. The van der Waals surface area contributed by atoms with Gasteiger partial charge in [0.15, 0.2) is 0 Å². The van der Waals surface area contributed by atoms with E-state index in [-0.39, 0.29) is 22.9 Å². The second kappa shape index (κ2) is 9.97. The van der Waals surface area contributed by atoms with Crippen LogP contribution in [0.5, 0.6) is 0 Å². The predicted molar refractivity (Wildman–Crippen MR) is 119 cm³/mol. The Morgan fingerprint density at radius 2 is 1.88 bits per heavy atom. The van der Waals surface area contributed by atoms with Gasteiger partial charge in [0.1, 0.15) is 18.2 Å². The Balaban J connectivity index is 1.93. The molecule has 1 aliphatic rings. The maximum atomic E-state index is 13.9. The van der Waals surface area contributed by atoms with Crippen LogP contribution in [0, 0.1) is 11.6 Å². The molecule has 0 unspecified atom stereocenters. The molecule has 0 aromatic heterocycles. The summed E-state index contributed by atoms with van der Waals surface area (Å²) < 4.78 is 54.2. The average molecular weight is 484 g/mol. The average Bonchev–Trinajstić information content (AvgIpc) is 2.89. The van der Waals surface area contributed by atoms with Crippen LogP contribution in [-0.2, 0) is 19.6 Å². The number of rotatable bonds is 7. The van der Waals surface area contributed by atoms with Crippen molar-refractivity contribution in [2.45, 2.75) is 30.1 Å². The second-order valence-electron chi connectivity index (χ2n) is 6.97. The standard InChI is InChI=1S/C21H23F2N3O4S2/c1-3-25(4-2)32(29,30)15-6-8-19-18(12-15)26(21(28)9-10-31-19)13-20(27)24-17-7-5-14(22)11-16(17)23/h5-8,11-12H,3-4,9-10,13H2,1-2H3,(H,24,27). The highest BCUT2D eigenvalue weighted by Crippen LogP contribution is 2.36. The number of halogens is 2. The van der Waals surface area contributed by atoms with Crippen LogP contribution in [0.3, 0.4) is 0 Å². The zero-order valence-corrected chi connectivity index (χ0v) is 19.2. The van der Waals surface area contributed by atoms with Gasteiger partial charge in [-0.15, -0.1) is 11.8 Å². The molecular formula is C21H23F2N3O4S2. The molecule has 172 valence electrons. The summed E-state index contributed by atoms with van der Waals surface area (Å²) in [4.78, 5) is 27.2. The predicted octanol–water partition coefficient (Wildman–Crippen LogP) is 3.46. The van der Waals surface area contributed by atoms with Crippen molar-refractivity contribution in [2.75, 3.05) is 35.6 Å². The number of hydrogen-bond donors (Lipinski definition) is 1. The molecule has 0 radical (unpaired) electrons. The van der Waals surface area contributed by atoms with Crippen LogP contribution in [-0.4, -0.2) is 49.9 Å². The second-order valence-corrected chi connectivity index (χ2v) is 10.0. The molecule has 2 aromatic carbocycles. The Hall–Kier alpha value is -2.50. The number of amides is 2. The Morgan fingerprint density at radius 3 is 2.53 bits per heavy atom. The first kappa shape index (κ1) is 24.1. The minimum atomic E-state index is -3.77. The van der Waals surface area contributed by atoms with E-state index in [9.17, 15) is 26.8 Å². The molecule has 0 aliphatic carbocycles. The summed E-state index contributed by atoms with van der Waals surface area (Å²) in [6.45, 7) is 3.60. The number of carbonyl (C=O) groups is 2. The van der Waals surface area contributed by atoms with Gasteiger partial charge in [-0.25, -0.2) is 17.2 Å². The van der Waals surface area contributed by atoms with Crippen LogP contribution in [0.2, 0.25) is 0 Å². The summed E-state index contributed by atoms with van der Waals surface area (Å²) >= 11 is 1.39. The van der Waals surface area contributed by atoms with Gasteiger partial charge < -0.3 is 10.2 Å².